The van der Waals surface area contributed by atoms with Crippen molar-refractivity contribution >= 4 is 61.5 Å². The number of para-hydroxylation sites is 2. The lowest BCUT2D eigenvalue weighted by Crippen LogP contribution is -2.15. The van der Waals surface area contributed by atoms with Gasteiger partial charge in [0.1, 0.15) is 0 Å². The van der Waals surface area contributed by atoms with Gasteiger partial charge in [0.15, 0.2) is 0 Å². The van der Waals surface area contributed by atoms with Gasteiger partial charge in [0.05, 0.1) is 19.4 Å². The minimum absolute atomic E-state index is 0.251. The summed E-state index contributed by atoms with van der Waals surface area (Å²) in [6.07, 6.45) is 4.08. The Morgan fingerprint density at radius 2 is 1.15 bits per heavy atom. The zero-order valence-corrected chi connectivity index (χ0v) is 26.4. The molecule has 228 valence electrons. The highest BCUT2D eigenvalue weighted by molar-refractivity contribution is 6.16. The average Bonchev–Trinajstić information content (AvgIpc) is 3.47. The molecule has 1 heteroatoms. The first-order valence-electron chi connectivity index (χ1n) is 21.0. The second kappa shape index (κ2) is 11.1. The summed E-state index contributed by atoms with van der Waals surface area (Å²) < 4.78 is 85.8. The summed E-state index contributed by atoms with van der Waals surface area (Å²) in [7, 11) is 0. The van der Waals surface area contributed by atoms with E-state index in [0.29, 0.717) is 5.39 Å². The summed E-state index contributed by atoms with van der Waals surface area (Å²) >= 11 is 0. The Balaban J connectivity index is 1.20. The summed E-state index contributed by atoms with van der Waals surface area (Å²) in [5.41, 5.74) is 6.12. The normalized spacial score (nSPS) is 16.2. The summed E-state index contributed by atoms with van der Waals surface area (Å²) in [5.74, 6) is 0. The van der Waals surface area contributed by atoms with Gasteiger partial charge in [-0.1, -0.05) is 141 Å². The van der Waals surface area contributed by atoms with Gasteiger partial charge in [-0.25, -0.2) is 0 Å². The molecule has 0 aromatic heterocycles. The lowest BCUT2D eigenvalue weighted by molar-refractivity contribution is 0.663. The van der Waals surface area contributed by atoms with Gasteiger partial charge in [-0.3, -0.25) is 0 Å². The Morgan fingerprint density at radius 1 is 0.542 bits per heavy atom. The average molecular weight is 624 g/mol. The van der Waals surface area contributed by atoms with Crippen molar-refractivity contribution in [3.63, 3.8) is 0 Å². The molecule has 0 saturated carbocycles. The van der Waals surface area contributed by atoms with Gasteiger partial charge in [0.2, 0.25) is 0 Å². The first-order valence-corrected chi connectivity index (χ1v) is 16.0. The van der Waals surface area contributed by atoms with Crippen LogP contribution < -0.4 is 4.90 Å². The molecule has 8 aromatic carbocycles. The van der Waals surface area contributed by atoms with Gasteiger partial charge < -0.3 is 4.90 Å². The summed E-state index contributed by atoms with van der Waals surface area (Å²) in [4.78, 5) is 1.21. The predicted octanol–water partition coefficient (Wildman–Crippen LogP) is 13.1. The van der Waals surface area contributed by atoms with Crippen molar-refractivity contribution in [1.29, 1.82) is 0 Å². The number of fused-ring (bicyclic) bond motifs is 1. The van der Waals surface area contributed by atoms with Gasteiger partial charge in [-0.15, -0.1) is 0 Å². The van der Waals surface area contributed by atoms with E-state index in [2.05, 4.69) is 80.6 Å². The number of benzene rings is 8. The van der Waals surface area contributed by atoms with E-state index in [1.165, 1.54) is 43.3 Å². The second-order valence-electron chi connectivity index (χ2n) is 12.7. The Bertz CT molecular complexity index is 2970. The van der Waals surface area contributed by atoms with Crippen molar-refractivity contribution in [2.24, 2.45) is 0 Å². The van der Waals surface area contributed by atoms with Crippen LogP contribution >= 0.6 is 0 Å². The zero-order chi connectivity index (χ0) is 40.9. The van der Waals surface area contributed by atoms with Gasteiger partial charge in [0, 0.05) is 22.2 Å². The van der Waals surface area contributed by atoms with Crippen molar-refractivity contribution in [2.45, 2.75) is 19.3 Å². The first kappa shape index (κ1) is 19.7. The molecule has 0 spiro atoms. The van der Waals surface area contributed by atoms with Gasteiger partial charge >= 0.3 is 0 Å². The molecule has 0 fully saturated rings. The molecule has 0 atom stereocenters. The lowest BCUT2D eigenvalue weighted by atomic mass is 9.80. The van der Waals surface area contributed by atoms with Crippen LogP contribution in [0.3, 0.4) is 0 Å². The van der Waals surface area contributed by atoms with Crippen LogP contribution in [0.5, 0.6) is 0 Å². The van der Waals surface area contributed by atoms with Crippen molar-refractivity contribution in [3.05, 3.63) is 186 Å². The molecule has 0 saturated heterocycles. The molecular weight excluding hydrogens is 579 g/mol. The van der Waals surface area contributed by atoms with Crippen LogP contribution in [0.2, 0.25) is 0 Å². The molecule has 0 aliphatic heterocycles. The maximum Gasteiger partial charge on any atom is 0.0645 e. The topological polar surface area (TPSA) is 3.24 Å². The first-order chi connectivity index (χ1) is 27.7. The Kier molecular flexibility index (Phi) is 4.55. The number of nitrogens with zero attached hydrogens (tertiary/aromatic N) is 1. The van der Waals surface area contributed by atoms with Crippen LogP contribution in [0.4, 0.5) is 17.1 Å². The maximum atomic E-state index is 8.89. The van der Waals surface area contributed by atoms with E-state index in [-0.39, 0.29) is 22.5 Å². The highest BCUT2D eigenvalue weighted by atomic mass is 15.1. The minimum atomic E-state index is -0.611. The standard InChI is InChI=1S/C47H35N/c1-47(2)42-29-32(28-35-24-25-36-30-37(33-14-6-3-7-15-33)31-43(47)46(36)45(35)42)22-23-34-26-27-44(41-21-13-12-20-40(34)41)48(38-16-8-4-9-17-38)39-18-10-5-11-19-39/h3-31H,1-2H3/b23-22+/i4D,5D,8D,9D,10D,11D,16D,17D,18D,19D. The number of hydrogen-bond acceptors (Lipinski definition) is 1. The molecule has 48 heavy (non-hydrogen) atoms. The second-order valence-corrected chi connectivity index (χ2v) is 12.7. The van der Waals surface area contributed by atoms with Crippen molar-refractivity contribution < 1.29 is 13.7 Å². The highest BCUT2D eigenvalue weighted by Gasteiger charge is 2.34. The van der Waals surface area contributed by atoms with E-state index in [0.717, 1.165) is 21.9 Å². The summed E-state index contributed by atoms with van der Waals surface area (Å²) in [6.45, 7) is 4.56. The number of anilines is 3. The molecule has 0 amide bonds. The third-order valence-electron chi connectivity index (χ3n) is 9.56. The van der Waals surface area contributed by atoms with E-state index >= 15 is 0 Å². The fraction of sp³-hybridized carbons (Fsp3) is 0.0638. The molecule has 0 N–H and O–H groups in total. The van der Waals surface area contributed by atoms with Crippen LogP contribution in [0.1, 0.15) is 49.8 Å². The Morgan fingerprint density at radius 3 is 1.83 bits per heavy atom. The molecule has 1 aliphatic carbocycles. The van der Waals surface area contributed by atoms with Crippen LogP contribution in [0.25, 0.3) is 55.6 Å². The van der Waals surface area contributed by atoms with Crippen LogP contribution in [0.15, 0.2) is 164 Å². The fourth-order valence-electron chi connectivity index (χ4n) is 7.27. The maximum absolute atomic E-state index is 8.89. The van der Waals surface area contributed by atoms with Crippen molar-refractivity contribution in [3.8, 4) is 11.1 Å². The van der Waals surface area contributed by atoms with Gasteiger partial charge in [-0.2, -0.15) is 0 Å². The van der Waals surface area contributed by atoms with Crippen LogP contribution in [-0.2, 0) is 5.41 Å². The third-order valence-corrected chi connectivity index (χ3v) is 9.56. The van der Waals surface area contributed by atoms with Crippen LogP contribution in [-0.4, -0.2) is 0 Å². The smallest absolute Gasteiger partial charge is 0.0645 e. The van der Waals surface area contributed by atoms with Crippen molar-refractivity contribution in [2.75, 3.05) is 4.90 Å². The molecule has 0 radical (unpaired) electrons. The number of rotatable bonds is 6. The molecule has 9 rings (SSSR count). The molecule has 0 heterocycles. The van der Waals surface area contributed by atoms with Crippen molar-refractivity contribution in [1.82, 2.24) is 0 Å². The predicted molar refractivity (Wildman–Crippen MR) is 207 cm³/mol. The summed E-state index contributed by atoms with van der Waals surface area (Å²) in [6, 6.07) is 28.9. The van der Waals surface area contributed by atoms with E-state index in [1.54, 1.807) is 12.1 Å². The SMILES string of the molecule is [2H]c1c([2H])c([2H])c(N(c2c([2H])c([2H])c([2H])c([2H])c2[2H])c2ccc(/C=C/c3cc4c5c(ccc6cc(-c7ccccc7)cc(c65)C4(C)C)c3)c3ccccc23)c([2H])c1[2H]. The van der Waals surface area contributed by atoms with Crippen LogP contribution in [0, 0.1) is 0 Å². The number of hydrogen-bond donors (Lipinski definition) is 0. The summed E-state index contributed by atoms with van der Waals surface area (Å²) in [5, 5.41) is 6.24. The fourth-order valence-corrected chi connectivity index (χ4v) is 7.27. The molecule has 0 unspecified atom stereocenters. The van der Waals surface area contributed by atoms with Gasteiger partial charge in [-0.05, 0) is 109 Å². The van der Waals surface area contributed by atoms with E-state index < -0.39 is 60.4 Å². The van der Waals surface area contributed by atoms with Gasteiger partial charge in [0.25, 0.3) is 0 Å². The Labute approximate surface area is 296 Å². The molecular formula is C47H35N. The molecule has 1 nitrogen and oxygen atoms in total. The lowest BCUT2D eigenvalue weighted by Gasteiger charge is -2.27. The monoisotopic (exact) mass is 623 g/mol. The highest BCUT2D eigenvalue weighted by Crippen LogP contribution is 2.50. The Hall–Kier alpha value is -5.92. The zero-order valence-electron chi connectivity index (χ0n) is 36.4. The molecule has 1 aliphatic rings. The largest absolute Gasteiger partial charge is 0.310 e. The quantitative estimate of drug-likeness (QED) is 0.132. The van der Waals surface area contributed by atoms with E-state index in [4.69, 9.17) is 13.7 Å². The van der Waals surface area contributed by atoms with E-state index in [1.807, 2.05) is 36.4 Å². The minimum Gasteiger partial charge on any atom is -0.310 e. The van der Waals surface area contributed by atoms with E-state index in [9.17, 15) is 0 Å². The third kappa shape index (κ3) is 4.54. The molecule has 0 bridgehead atoms. The molecule has 8 aromatic rings.